The normalized spacial score (nSPS) is 18.2. The molecule has 0 spiro atoms. The maximum atomic E-state index is 12.3. The van der Waals surface area contributed by atoms with Gasteiger partial charge in [0.05, 0.1) is 24.0 Å². The lowest BCUT2D eigenvalue weighted by Gasteiger charge is -2.29. The maximum absolute atomic E-state index is 12.3. The molecule has 8 heteroatoms. The Hall–Kier alpha value is -2.09. The minimum absolute atomic E-state index is 0.0610. The molecule has 1 aromatic rings. The summed E-state index contributed by atoms with van der Waals surface area (Å²) in [5, 5.41) is 11.8. The lowest BCUT2D eigenvalue weighted by molar-refractivity contribution is -0.137. The predicted octanol–water partition coefficient (Wildman–Crippen LogP) is 0.951. The first-order valence-corrected chi connectivity index (χ1v) is 9.13. The molecule has 0 aromatic heterocycles. The smallest absolute Gasteiger partial charge is 0.317 e. The molecule has 1 aliphatic rings. The van der Waals surface area contributed by atoms with E-state index in [-0.39, 0.29) is 31.0 Å². The largest absolute Gasteiger partial charge is 0.481 e. The van der Waals surface area contributed by atoms with E-state index in [0.717, 1.165) is 5.56 Å². The summed E-state index contributed by atoms with van der Waals surface area (Å²) in [4.78, 5) is 24.8. The number of urea groups is 1. The van der Waals surface area contributed by atoms with Gasteiger partial charge in [-0.3, -0.25) is 4.79 Å². The Morgan fingerprint density at radius 2 is 1.96 bits per heavy atom. The summed E-state index contributed by atoms with van der Waals surface area (Å²) in [6.45, 7) is 2.14. The Morgan fingerprint density at radius 1 is 1.30 bits per heavy atom. The predicted molar refractivity (Wildman–Crippen MR) is 84.9 cm³/mol. The summed E-state index contributed by atoms with van der Waals surface area (Å²) in [6.07, 6.45) is -0.235. The number of nitrogens with one attached hydrogen (secondary N) is 1. The molecule has 1 heterocycles. The average molecular weight is 340 g/mol. The monoisotopic (exact) mass is 340 g/mol. The molecule has 2 amide bonds. The van der Waals surface area contributed by atoms with E-state index < -0.39 is 27.9 Å². The number of hydrogen-bond acceptors (Lipinski definition) is 4. The second-order valence-electron chi connectivity index (χ2n) is 5.65. The number of aliphatic carboxylic acids is 1. The topological polar surface area (TPSA) is 104 Å². The van der Waals surface area contributed by atoms with E-state index in [4.69, 9.17) is 5.11 Å². The first-order valence-electron chi connectivity index (χ1n) is 7.31. The number of carboxylic acids is 1. The van der Waals surface area contributed by atoms with Crippen LogP contribution in [0, 0.1) is 6.92 Å². The van der Waals surface area contributed by atoms with E-state index in [1.807, 2.05) is 19.1 Å². The van der Waals surface area contributed by atoms with Gasteiger partial charge in [-0.05, 0) is 12.5 Å². The van der Waals surface area contributed by atoms with Crippen molar-refractivity contribution in [3.8, 4) is 0 Å². The van der Waals surface area contributed by atoms with Crippen molar-refractivity contribution in [1.82, 2.24) is 10.2 Å². The van der Waals surface area contributed by atoms with Crippen LogP contribution in [-0.2, 0) is 14.6 Å². The summed E-state index contributed by atoms with van der Waals surface area (Å²) < 4.78 is 22.8. The standard InChI is InChI=1S/C15H20N2O5S/c1-11-3-2-4-12(9-11)13(10-14(18)19)16-15(20)17-5-7-23(21,22)8-6-17/h2-4,9,13H,5-8,10H2,1H3,(H,16,20)(H,18,19). The molecule has 2 rings (SSSR count). The highest BCUT2D eigenvalue weighted by molar-refractivity contribution is 7.91. The molecule has 7 nitrogen and oxygen atoms in total. The highest BCUT2D eigenvalue weighted by atomic mass is 32.2. The third-order valence-corrected chi connectivity index (χ3v) is 5.36. The Kier molecular flexibility index (Phi) is 5.25. The first kappa shape index (κ1) is 17.3. The van der Waals surface area contributed by atoms with Crippen molar-refractivity contribution >= 4 is 21.8 Å². The van der Waals surface area contributed by atoms with Crippen LogP contribution in [0.2, 0.25) is 0 Å². The minimum Gasteiger partial charge on any atom is -0.481 e. The van der Waals surface area contributed by atoms with Gasteiger partial charge < -0.3 is 15.3 Å². The third kappa shape index (κ3) is 4.95. The van der Waals surface area contributed by atoms with Crippen LogP contribution in [0.3, 0.4) is 0 Å². The van der Waals surface area contributed by atoms with Gasteiger partial charge in [0.2, 0.25) is 0 Å². The zero-order chi connectivity index (χ0) is 17.0. The van der Waals surface area contributed by atoms with Gasteiger partial charge in [0, 0.05) is 13.1 Å². The second-order valence-corrected chi connectivity index (χ2v) is 7.96. The molecule has 0 saturated carbocycles. The van der Waals surface area contributed by atoms with E-state index in [1.165, 1.54) is 4.90 Å². The third-order valence-electron chi connectivity index (χ3n) is 3.75. The maximum Gasteiger partial charge on any atom is 0.317 e. The number of nitrogens with zero attached hydrogens (tertiary/aromatic N) is 1. The average Bonchev–Trinajstić information content (AvgIpc) is 2.46. The Labute approximate surface area is 135 Å². The van der Waals surface area contributed by atoms with Gasteiger partial charge in [-0.15, -0.1) is 0 Å². The molecular weight excluding hydrogens is 320 g/mol. The van der Waals surface area contributed by atoms with Gasteiger partial charge in [0.1, 0.15) is 0 Å². The fourth-order valence-corrected chi connectivity index (χ4v) is 3.67. The van der Waals surface area contributed by atoms with E-state index in [1.54, 1.807) is 12.1 Å². The van der Waals surface area contributed by atoms with Crippen molar-refractivity contribution in [2.45, 2.75) is 19.4 Å². The van der Waals surface area contributed by atoms with Gasteiger partial charge in [-0.1, -0.05) is 29.8 Å². The van der Waals surface area contributed by atoms with Crippen LogP contribution < -0.4 is 5.32 Å². The van der Waals surface area contributed by atoms with Crippen molar-refractivity contribution < 1.29 is 23.1 Å². The Bertz CT molecular complexity index is 688. The molecule has 0 radical (unpaired) electrons. The summed E-state index contributed by atoms with van der Waals surface area (Å²) >= 11 is 0. The van der Waals surface area contributed by atoms with Crippen molar-refractivity contribution in [3.63, 3.8) is 0 Å². The van der Waals surface area contributed by atoms with Crippen molar-refractivity contribution in [1.29, 1.82) is 0 Å². The highest BCUT2D eigenvalue weighted by Gasteiger charge is 2.27. The SMILES string of the molecule is Cc1cccc(C(CC(=O)O)NC(=O)N2CCS(=O)(=O)CC2)c1. The number of rotatable bonds is 4. The fraction of sp³-hybridized carbons (Fsp3) is 0.467. The highest BCUT2D eigenvalue weighted by Crippen LogP contribution is 2.19. The van der Waals surface area contributed by atoms with Crippen LogP contribution in [0.15, 0.2) is 24.3 Å². The van der Waals surface area contributed by atoms with E-state index in [9.17, 15) is 18.0 Å². The number of carbonyl (C=O) groups is 2. The number of amides is 2. The summed E-state index contributed by atoms with van der Waals surface area (Å²) in [5.74, 6) is -1.14. The molecule has 23 heavy (non-hydrogen) atoms. The molecular formula is C15H20N2O5S. The van der Waals surface area contributed by atoms with E-state index in [0.29, 0.717) is 5.56 Å². The zero-order valence-corrected chi connectivity index (χ0v) is 13.7. The zero-order valence-electron chi connectivity index (χ0n) is 12.9. The van der Waals surface area contributed by atoms with Gasteiger partial charge in [-0.2, -0.15) is 0 Å². The molecule has 126 valence electrons. The van der Waals surface area contributed by atoms with Crippen molar-refractivity contribution in [3.05, 3.63) is 35.4 Å². The van der Waals surface area contributed by atoms with Crippen LogP contribution in [0.4, 0.5) is 4.79 Å². The van der Waals surface area contributed by atoms with Gasteiger partial charge in [0.15, 0.2) is 9.84 Å². The molecule has 2 N–H and O–H groups in total. The van der Waals surface area contributed by atoms with Crippen LogP contribution >= 0.6 is 0 Å². The number of hydrogen-bond donors (Lipinski definition) is 2. The molecule has 1 saturated heterocycles. The van der Waals surface area contributed by atoms with Gasteiger partial charge >= 0.3 is 12.0 Å². The van der Waals surface area contributed by atoms with Crippen molar-refractivity contribution in [2.24, 2.45) is 0 Å². The number of sulfone groups is 1. The summed E-state index contributed by atoms with van der Waals surface area (Å²) in [6, 6.07) is 6.19. The van der Waals surface area contributed by atoms with Crippen molar-refractivity contribution in [2.75, 3.05) is 24.6 Å². The molecule has 0 aliphatic carbocycles. The molecule has 1 fully saturated rings. The van der Waals surface area contributed by atoms with E-state index in [2.05, 4.69) is 5.32 Å². The first-order chi connectivity index (χ1) is 10.8. The molecule has 1 aromatic carbocycles. The van der Waals surface area contributed by atoms with Gasteiger partial charge in [0.25, 0.3) is 0 Å². The fourth-order valence-electron chi connectivity index (χ4n) is 2.47. The molecule has 1 unspecified atom stereocenters. The number of carboxylic acid groups (broad SMARTS) is 1. The summed E-state index contributed by atoms with van der Waals surface area (Å²) in [5.41, 5.74) is 1.68. The lowest BCUT2D eigenvalue weighted by atomic mass is 10.0. The van der Waals surface area contributed by atoms with Crippen LogP contribution in [0.1, 0.15) is 23.6 Å². The number of aryl methyl sites for hydroxylation is 1. The van der Waals surface area contributed by atoms with Crippen LogP contribution in [-0.4, -0.2) is 55.0 Å². The van der Waals surface area contributed by atoms with Gasteiger partial charge in [-0.25, -0.2) is 13.2 Å². The summed E-state index contributed by atoms with van der Waals surface area (Å²) in [7, 11) is -3.07. The lowest BCUT2D eigenvalue weighted by Crippen LogP contribution is -2.49. The molecule has 0 bridgehead atoms. The number of carbonyl (C=O) groups excluding carboxylic acids is 1. The number of benzene rings is 1. The Morgan fingerprint density at radius 3 is 2.52 bits per heavy atom. The van der Waals surface area contributed by atoms with E-state index >= 15 is 0 Å². The minimum atomic E-state index is -3.07. The Balaban J connectivity index is 2.08. The second kappa shape index (κ2) is 6.99. The van der Waals surface area contributed by atoms with Crippen LogP contribution in [0.5, 0.6) is 0 Å². The molecule has 1 aliphatic heterocycles. The quantitative estimate of drug-likeness (QED) is 0.849. The molecule has 1 atom stereocenters. The van der Waals surface area contributed by atoms with Crippen LogP contribution in [0.25, 0.3) is 0 Å².